The first-order valence-electron chi connectivity index (χ1n) is 5.82. The molecule has 0 atom stereocenters. The van der Waals surface area contributed by atoms with E-state index in [1.54, 1.807) is 0 Å². The minimum atomic E-state index is -1.35. The molecule has 0 saturated carbocycles. The van der Waals surface area contributed by atoms with Gasteiger partial charge in [-0.3, -0.25) is 10.1 Å². The molecular formula is C13H10ClNO6. The Bertz CT molecular complexity index is 657. The van der Waals surface area contributed by atoms with Crippen molar-refractivity contribution in [3.05, 3.63) is 44.5 Å². The van der Waals surface area contributed by atoms with Crippen molar-refractivity contribution in [2.45, 2.75) is 19.6 Å². The first-order chi connectivity index (χ1) is 9.69. The summed E-state index contributed by atoms with van der Waals surface area (Å²) in [6.07, 6.45) is 1.11. The van der Waals surface area contributed by atoms with Gasteiger partial charge in [0, 0.05) is 36.6 Å². The van der Waals surface area contributed by atoms with Crippen LogP contribution in [0.1, 0.15) is 19.4 Å². The molecule has 8 heteroatoms. The SMILES string of the molecule is CC1(C)OC(=O)C(=Cc2cc([N+](=O)[O-])ccc2Cl)C(=O)O1. The number of benzene rings is 1. The molecule has 0 spiro atoms. The van der Waals surface area contributed by atoms with Gasteiger partial charge in [-0.05, 0) is 12.1 Å². The highest BCUT2D eigenvalue weighted by Gasteiger charge is 2.39. The van der Waals surface area contributed by atoms with Crippen LogP contribution in [0.25, 0.3) is 6.08 Å². The fourth-order valence-electron chi connectivity index (χ4n) is 1.69. The Balaban J connectivity index is 2.44. The van der Waals surface area contributed by atoms with E-state index in [1.807, 2.05) is 0 Å². The Hall–Kier alpha value is -2.41. The molecule has 0 amide bonds. The lowest BCUT2D eigenvalue weighted by atomic mass is 10.1. The van der Waals surface area contributed by atoms with Crippen LogP contribution < -0.4 is 0 Å². The number of hydrogen-bond donors (Lipinski definition) is 0. The molecule has 0 aliphatic carbocycles. The van der Waals surface area contributed by atoms with Crippen LogP contribution in [0.4, 0.5) is 5.69 Å². The highest BCUT2D eigenvalue weighted by atomic mass is 35.5. The summed E-state index contributed by atoms with van der Waals surface area (Å²) in [5.41, 5.74) is -0.449. The molecule has 7 nitrogen and oxygen atoms in total. The molecule has 1 heterocycles. The number of carbonyl (C=O) groups excluding carboxylic acids is 2. The Kier molecular flexibility index (Phi) is 3.69. The molecule has 110 valence electrons. The van der Waals surface area contributed by atoms with Crippen molar-refractivity contribution in [1.29, 1.82) is 0 Å². The number of cyclic esters (lactones) is 2. The van der Waals surface area contributed by atoms with Gasteiger partial charge in [-0.2, -0.15) is 0 Å². The van der Waals surface area contributed by atoms with Gasteiger partial charge in [0.25, 0.3) is 11.5 Å². The van der Waals surface area contributed by atoms with Crippen LogP contribution in [-0.4, -0.2) is 22.6 Å². The molecule has 0 bridgehead atoms. The van der Waals surface area contributed by atoms with Gasteiger partial charge in [0.2, 0.25) is 0 Å². The van der Waals surface area contributed by atoms with Gasteiger partial charge in [-0.25, -0.2) is 9.59 Å². The van der Waals surface area contributed by atoms with Crippen molar-refractivity contribution in [1.82, 2.24) is 0 Å². The first kappa shape index (κ1) is 15.0. The second kappa shape index (κ2) is 5.17. The molecule has 0 aromatic heterocycles. The topological polar surface area (TPSA) is 95.7 Å². The quantitative estimate of drug-likeness (QED) is 0.274. The number of nitro benzene ring substituents is 1. The number of nitro groups is 1. The molecule has 1 aromatic rings. The van der Waals surface area contributed by atoms with Crippen molar-refractivity contribution in [2.24, 2.45) is 0 Å². The molecule has 2 rings (SSSR count). The maximum absolute atomic E-state index is 11.8. The lowest BCUT2D eigenvalue weighted by Gasteiger charge is -2.29. The van der Waals surface area contributed by atoms with Gasteiger partial charge in [-0.15, -0.1) is 0 Å². The van der Waals surface area contributed by atoms with Crippen LogP contribution in [0.2, 0.25) is 5.02 Å². The summed E-state index contributed by atoms with van der Waals surface area (Å²) in [6, 6.07) is 3.66. The third-order valence-electron chi connectivity index (χ3n) is 2.61. The molecule has 1 aliphatic heterocycles. The summed E-state index contributed by atoms with van der Waals surface area (Å²) in [5.74, 6) is -3.10. The lowest BCUT2D eigenvalue weighted by Crippen LogP contribution is -2.41. The van der Waals surface area contributed by atoms with Crippen molar-refractivity contribution < 1.29 is 24.0 Å². The van der Waals surface area contributed by atoms with Crippen molar-refractivity contribution in [2.75, 3.05) is 0 Å². The largest absolute Gasteiger partial charge is 0.419 e. The molecule has 1 fully saturated rings. The molecule has 21 heavy (non-hydrogen) atoms. The van der Waals surface area contributed by atoms with E-state index in [2.05, 4.69) is 0 Å². The number of nitrogens with zero attached hydrogens (tertiary/aromatic N) is 1. The number of hydrogen-bond acceptors (Lipinski definition) is 6. The van der Waals surface area contributed by atoms with Crippen molar-refractivity contribution >= 4 is 35.3 Å². The second-order valence-electron chi connectivity index (χ2n) is 4.70. The molecule has 0 radical (unpaired) electrons. The van der Waals surface area contributed by atoms with Crippen LogP contribution in [0, 0.1) is 10.1 Å². The summed E-state index contributed by atoms with van der Waals surface area (Å²) in [7, 11) is 0. The third-order valence-corrected chi connectivity index (χ3v) is 2.95. The first-order valence-corrected chi connectivity index (χ1v) is 6.20. The molecule has 1 saturated heterocycles. The van der Waals surface area contributed by atoms with E-state index >= 15 is 0 Å². The summed E-state index contributed by atoms with van der Waals surface area (Å²) in [4.78, 5) is 33.7. The van der Waals surface area contributed by atoms with Crippen LogP contribution in [0.3, 0.4) is 0 Å². The van der Waals surface area contributed by atoms with Gasteiger partial charge >= 0.3 is 11.9 Å². The summed E-state index contributed by atoms with van der Waals surface area (Å²) in [6.45, 7) is 2.83. The molecule has 1 aliphatic rings. The normalized spacial score (nSPS) is 17.0. The standard InChI is InChI=1S/C13H10ClNO6/c1-13(2)20-11(16)9(12(17)21-13)6-7-5-8(15(18)19)3-4-10(7)14/h3-6H,1-2H3. The molecular weight excluding hydrogens is 302 g/mol. The zero-order chi connectivity index (χ0) is 15.8. The van der Waals surface area contributed by atoms with Crippen molar-refractivity contribution in [3.8, 4) is 0 Å². The Morgan fingerprint density at radius 1 is 1.24 bits per heavy atom. The van der Waals surface area contributed by atoms with Crippen LogP contribution in [0.5, 0.6) is 0 Å². The monoisotopic (exact) mass is 311 g/mol. The smallest absolute Gasteiger partial charge is 0.348 e. The maximum atomic E-state index is 11.8. The molecule has 1 aromatic carbocycles. The van der Waals surface area contributed by atoms with E-state index in [9.17, 15) is 19.7 Å². The number of non-ortho nitro benzene ring substituents is 1. The number of esters is 2. The predicted octanol–water partition coefficient (Wildman–Crippen LogP) is 2.47. The average Bonchev–Trinajstić information content (AvgIpc) is 2.34. The Morgan fingerprint density at radius 2 is 1.81 bits per heavy atom. The average molecular weight is 312 g/mol. The summed E-state index contributed by atoms with van der Waals surface area (Å²) >= 11 is 5.90. The number of carbonyl (C=O) groups is 2. The van der Waals surface area contributed by atoms with Gasteiger partial charge in [-0.1, -0.05) is 11.6 Å². The second-order valence-corrected chi connectivity index (χ2v) is 5.11. The fraction of sp³-hybridized carbons (Fsp3) is 0.231. The van der Waals surface area contributed by atoms with E-state index in [0.29, 0.717) is 0 Å². The van der Waals surface area contributed by atoms with Crippen LogP contribution >= 0.6 is 11.6 Å². The summed E-state index contributed by atoms with van der Waals surface area (Å²) in [5, 5.41) is 10.9. The van der Waals surface area contributed by atoms with E-state index in [1.165, 1.54) is 26.0 Å². The maximum Gasteiger partial charge on any atom is 0.348 e. The molecule has 0 N–H and O–H groups in total. The minimum absolute atomic E-state index is 0.148. The Labute approximate surface area is 124 Å². The van der Waals surface area contributed by atoms with Gasteiger partial charge < -0.3 is 9.47 Å². The van der Waals surface area contributed by atoms with Crippen LogP contribution in [0.15, 0.2) is 23.8 Å². The third kappa shape index (κ3) is 3.19. The Morgan fingerprint density at radius 3 is 2.33 bits per heavy atom. The van der Waals surface area contributed by atoms with Crippen molar-refractivity contribution in [3.63, 3.8) is 0 Å². The zero-order valence-electron chi connectivity index (χ0n) is 11.1. The highest BCUT2D eigenvalue weighted by molar-refractivity contribution is 6.32. The van der Waals surface area contributed by atoms with E-state index in [0.717, 1.165) is 12.1 Å². The minimum Gasteiger partial charge on any atom is -0.419 e. The van der Waals surface area contributed by atoms with E-state index in [4.69, 9.17) is 21.1 Å². The number of ether oxygens (including phenoxy) is 2. The lowest BCUT2D eigenvalue weighted by molar-refractivity contribution is -0.384. The highest BCUT2D eigenvalue weighted by Crippen LogP contribution is 2.28. The van der Waals surface area contributed by atoms with Gasteiger partial charge in [0.15, 0.2) is 0 Å². The zero-order valence-corrected chi connectivity index (χ0v) is 11.8. The van der Waals surface area contributed by atoms with Crippen LogP contribution in [-0.2, 0) is 19.1 Å². The predicted molar refractivity (Wildman–Crippen MR) is 72.3 cm³/mol. The van der Waals surface area contributed by atoms with E-state index in [-0.39, 0.29) is 21.8 Å². The number of halogens is 1. The number of rotatable bonds is 2. The van der Waals surface area contributed by atoms with Gasteiger partial charge in [0.05, 0.1) is 4.92 Å². The van der Waals surface area contributed by atoms with E-state index < -0.39 is 22.6 Å². The fourth-order valence-corrected chi connectivity index (χ4v) is 1.86. The molecule has 0 unspecified atom stereocenters. The van der Waals surface area contributed by atoms with Gasteiger partial charge in [0.1, 0.15) is 5.57 Å². The summed E-state index contributed by atoms with van der Waals surface area (Å²) < 4.78 is 9.84.